The fourth-order valence-electron chi connectivity index (χ4n) is 2.52. The maximum Gasteiger partial charge on any atom is 0.0922 e. The number of rotatable bonds is 3. The van der Waals surface area contributed by atoms with Gasteiger partial charge in [0.25, 0.3) is 0 Å². The van der Waals surface area contributed by atoms with Crippen molar-refractivity contribution in [3.8, 4) is 0 Å². The zero-order chi connectivity index (χ0) is 12.4. The predicted octanol–water partition coefficient (Wildman–Crippen LogP) is 3.30. The molecule has 1 unspecified atom stereocenters. The molecule has 0 fully saturated rings. The van der Waals surface area contributed by atoms with E-state index < -0.39 is 0 Å². The minimum Gasteiger partial charge on any atom is -0.387 e. The Morgan fingerprint density at radius 2 is 2.00 bits per heavy atom. The van der Waals surface area contributed by atoms with Gasteiger partial charge in [0.05, 0.1) is 6.10 Å². The van der Waals surface area contributed by atoms with E-state index in [0.29, 0.717) is 6.42 Å². The van der Waals surface area contributed by atoms with E-state index in [1.165, 1.54) is 36.1 Å². The molecule has 1 aliphatic carbocycles. The van der Waals surface area contributed by atoms with Gasteiger partial charge >= 0.3 is 0 Å². The summed E-state index contributed by atoms with van der Waals surface area (Å²) in [5.74, 6) is 0. The van der Waals surface area contributed by atoms with E-state index in [4.69, 9.17) is 0 Å². The van der Waals surface area contributed by atoms with E-state index in [1.807, 2.05) is 12.1 Å². The van der Waals surface area contributed by atoms with Gasteiger partial charge in [0.1, 0.15) is 0 Å². The van der Waals surface area contributed by atoms with Gasteiger partial charge in [0.15, 0.2) is 0 Å². The number of hydrogen-bond acceptors (Lipinski definition) is 3. The lowest BCUT2D eigenvalue weighted by molar-refractivity contribution is 0.182. The van der Waals surface area contributed by atoms with Crippen molar-refractivity contribution in [3.63, 3.8) is 0 Å². The molecule has 2 aromatic rings. The highest BCUT2D eigenvalue weighted by atomic mass is 32.1. The van der Waals surface area contributed by atoms with Crippen molar-refractivity contribution in [2.75, 3.05) is 0 Å². The summed E-state index contributed by atoms with van der Waals surface area (Å²) >= 11 is 1.80. The van der Waals surface area contributed by atoms with Crippen LogP contribution < -0.4 is 0 Å². The Morgan fingerprint density at radius 1 is 1.22 bits per heavy atom. The van der Waals surface area contributed by atoms with Crippen LogP contribution in [0.4, 0.5) is 0 Å². The molecule has 0 radical (unpaired) electrons. The van der Waals surface area contributed by atoms with Crippen LogP contribution in [0.1, 0.15) is 39.8 Å². The molecule has 0 aliphatic heterocycles. The number of aliphatic hydroxyl groups is 1. The first kappa shape index (κ1) is 11.9. The summed E-state index contributed by atoms with van der Waals surface area (Å²) in [6, 6.07) is 6.15. The molecule has 3 heteroatoms. The van der Waals surface area contributed by atoms with Crippen molar-refractivity contribution in [1.82, 2.24) is 4.98 Å². The van der Waals surface area contributed by atoms with Crippen LogP contribution in [0.15, 0.2) is 30.6 Å². The number of aliphatic hydroxyl groups excluding tert-OH is 1. The number of thiophene rings is 1. The maximum absolute atomic E-state index is 10.3. The smallest absolute Gasteiger partial charge is 0.0922 e. The largest absolute Gasteiger partial charge is 0.387 e. The minimum absolute atomic E-state index is 0.372. The zero-order valence-electron chi connectivity index (χ0n) is 10.3. The van der Waals surface area contributed by atoms with Crippen molar-refractivity contribution < 1.29 is 5.11 Å². The predicted molar refractivity (Wildman–Crippen MR) is 73.9 cm³/mol. The Bertz CT molecular complexity index is 497. The van der Waals surface area contributed by atoms with Gasteiger partial charge in [-0.15, -0.1) is 11.3 Å². The first-order chi connectivity index (χ1) is 8.83. The Kier molecular flexibility index (Phi) is 3.43. The van der Waals surface area contributed by atoms with Crippen molar-refractivity contribution in [2.24, 2.45) is 0 Å². The number of nitrogens with zero attached hydrogens (tertiary/aromatic N) is 1. The fourth-order valence-corrected chi connectivity index (χ4v) is 3.76. The molecule has 2 nitrogen and oxygen atoms in total. The summed E-state index contributed by atoms with van der Waals surface area (Å²) in [5, 5.41) is 10.3. The summed E-state index contributed by atoms with van der Waals surface area (Å²) in [5.41, 5.74) is 2.61. The van der Waals surface area contributed by atoms with E-state index in [9.17, 15) is 5.11 Å². The van der Waals surface area contributed by atoms with Gasteiger partial charge in [-0.1, -0.05) is 0 Å². The summed E-state index contributed by atoms with van der Waals surface area (Å²) in [7, 11) is 0. The molecule has 0 saturated carbocycles. The van der Waals surface area contributed by atoms with E-state index in [-0.39, 0.29) is 6.10 Å². The second-order valence-electron chi connectivity index (χ2n) is 4.88. The molecule has 1 aliphatic rings. The average molecular weight is 259 g/mol. The summed E-state index contributed by atoms with van der Waals surface area (Å²) < 4.78 is 0. The third-order valence-corrected chi connectivity index (χ3v) is 4.86. The lowest BCUT2D eigenvalue weighted by atomic mass is 9.98. The van der Waals surface area contributed by atoms with Crippen LogP contribution in [-0.2, 0) is 19.3 Å². The molecule has 0 bridgehead atoms. The molecule has 2 aromatic heterocycles. The SMILES string of the molecule is OC(Cc1ccncc1)c1cc2c(s1)CCCC2. The summed E-state index contributed by atoms with van der Waals surface area (Å²) in [6.07, 6.45) is 8.85. The molecule has 1 atom stereocenters. The van der Waals surface area contributed by atoms with Crippen molar-refractivity contribution >= 4 is 11.3 Å². The lowest BCUT2D eigenvalue weighted by Gasteiger charge is -2.08. The molecular formula is C15H17NOS. The first-order valence-electron chi connectivity index (χ1n) is 6.51. The second-order valence-corrected chi connectivity index (χ2v) is 6.05. The van der Waals surface area contributed by atoms with Crippen LogP contribution in [0.25, 0.3) is 0 Å². The third kappa shape index (κ3) is 2.47. The number of aryl methyl sites for hydroxylation is 2. The third-order valence-electron chi connectivity index (χ3n) is 3.52. The Morgan fingerprint density at radius 3 is 2.78 bits per heavy atom. The highest BCUT2D eigenvalue weighted by molar-refractivity contribution is 7.12. The van der Waals surface area contributed by atoms with Crippen LogP contribution in [0.2, 0.25) is 0 Å². The number of aromatic nitrogens is 1. The van der Waals surface area contributed by atoms with Crippen LogP contribution in [0, 0.1) is 0 Å². The van der Waals surface area contributed by atoms with Crippen molar-refractivity contribution in [2.45, 2.75) is 38.2 Å². The number of pyridine rings is 1. The van der Waals surface area contributed by atoms with Gasteiger partial charge in [-0.2, -0.15) is 0 Å². The van der Waals surface area contributed by atoms with E-state index in [0.717, 1.165) is 10.4 Å². The van der Waals surface area contributed by atoms with Gasteiger partial charge in [-0.25, -0.2) is 0 Å². The number of hydrogen-bond donors (Lipinski definition) is 1. The Labute approximate surface area is 111 Å². The van der Waals surface area contributed by atoms with E-state index in [1.54, 1.807) is 23.7 Å². The van der Waals surface area contributed by atoms with Crippen molar-refractivity contribution in [1.29, 1.82) is 0 Å². The van der Waals surface area contributed by atoms with E-state index in [2.05, 4.69) is 11.1 Å². The molecule has 0 amide bonds. The zero-order valence-corrected chi connectivity index (χ0v) is 11.1. The maximum atomic E-state index is 10.3. The van der Waals surface area contributed by atoms with Gasteiger partial charge in [0, 0.05) is 28.6 Å². The molecule has 0 aromatic carbocycles. The van der Waals surface area contributed by atoms with Crippen LogP contribution >= 0.6 is 11.3 Å². The Balaban J connectivity index is 1.76. The van der Waals surface area contributed by atoms with Crippen molar-refractivity contribution in [3.05, 3.63) is 51.5 Å². The molecule has 18 heavy (non-hydrogen) atoms. The lowest BCUT2D eigenvalue weighted by Crippen LogP contribution is -1.99. The summed E-state index contributed by atoms with van der Waals surface area (Å²) in [6.45, 7) is 0. The van der Waals surface area contributed by atoms with Gasteiger partial charge in [-0.3, -0.25) is 4.98 Å². The van der Waals surface area contributed by atoms with Crippen LogP contribution in [-0.4, -0.2) is 10.1 Å². The normalized spacial score (nSPS) is 16.3. The van der Waals surface area contributed by atoms with Gasteiger partial charge in [0.2, 0.25) is 0 Å². The standard InChI is InChI=1S/C15H17NOS/c17-13(9-11-5-7-16-8-6-11)15-10-12-3-1-2-4-14(12)18-15/h5-8,10,13,17H,1-4,9H2. The van der Waals surface area contributed by atoms with Gasteiger partial charge in [-0.05, 0) is 55.0 Å². The van der Waals surface area contributed by atoms with E-state index >= 15 is 0 Å². The minimum atomic E-state index is -0.372. The monoisotopic (exact) mass is 259 g/mol. The van der Waals surface area contributed by atoms with Crippen LogP contribution in [0.3, 0.4) is 0 Å². The van der Waals surface area contributed by atoms with Gasteiger partial charge < -0.3 is 5.11 Å². The molecule has 2 heterocycles. The molecule has 1 N–H and O–H groups in total. The average Bonchev–Trinajstić information content (AvgIpc) is 2.84. The number of fused-ring (bicyclic) bond motifs is 1. The van der Waals surface area contributed by atoms with Crippen LogP contribution in [0.5, 0.6) is 0 Å². The molecular weight excluding hydrogens is 242 g/mol. The summed E-state index contributed by atoms with van der Waals surface area (Å²) in [4.78, 5) is 6.61. The fraction of sp³-hybridized carbons (Fsp3) is 0.400. The second kappa shape index (κ2) is 5.21. The molecule has 94 valence electrons. The first-order valence-corrected chi connectivity index (χ1v) is 7.33. The molecule has 0 spiro atoms. The quantitative estimate of drug-likeness (QED) is 0.917. The highest BCUT2D eigenvalue weighted by Gasteiger charge is 2.17. The molecule has 3 rings (SSSR count). The molecule has 0 saturated heterocycles. The highest BCUT2D eigenvalue weighted by Crippen LogP contribution is 2.33. The Hall–Kier alpha value is -1.19. The topological polar surface area (TPSA) is 33.1 Å².